The molecule has 2 unspecified atom stereocenters. The Morgan fingerprint density at radius 2 is 1.44 bits per heavy atom. The predicted octanol–water partition coefficient (Wildman–Crippen LogP) is 5.43. The first-order chi connectivity index (χ1) is 12.0. The van der Waals surface area contributed by atoms with Gasteiger partial charge in [0.05, 0.1) is 24.5 Å². The van der Waals surface area contributed by atoms with Gasteiger partial charge in [-0.25, -0.2) is 0 Å². The van der Waals surface area contributed by atoms with E-state index in [1.54, 1.807) is 0 Å². The minimum atomic E-state index is -0.157. The highest BCUT2D eigenvalue weighted by Crippen LogP contribution is 2.31. The van der Waals surface area contributed by atoms with Crippen molar-refractivity contribution in [1.82, 2.24) is 0 Å². The third-order valence-electron chi connectivity index (χ3n) is 4.93. The zero-order valence-electron chi connectivity index (χ0n) is 16.6. The van der Waals surface area contributed by atoms with E-state index in [0.29, 0.717) is 13.0 Å². The molecule has 0 heterocycles. The second-order valence-electron chi connectivity index (χ2n) is 7.69. The third kappa shape index (κ3) is 9.86. The van der Waals surface area contributed by atoms with Gasteiger partial charge in [-0.1, -0.05) is 58.3 Å². The highest BCUT2D eigenvalue weighted by molar-refractivity contribution is 5.76. The normalized spacial score (nSPS) is 20.5. The largest absolute Gasteiger partial charge is 0.465 e. The molecule has 0 amide bonds. The number of rotatable bonds is 12. The fourth-order valence-corrected chi connectivity index (χ4v) is 3.47. The minimum absolute atomic E-state index is 0.0956. The van der Waals surface area contributed by atoms with Crippen molar-refractivity contribution in [2.75, 3.05) is 6.61 Å². The zero-order valence-corrected chi connectivity index (χ0v) is 16.6. The van der Waals surface area contributed by atoms with Gasteiger partial charge >= 0.3 is 11.9 Å². The molecule has 0 aliphatic heterocycles. The fraction of sp³-hybridized carbons (Fsp3) is 0.905. The standard InChI is InChI=1S/C21H38O4/c1-4-5-6-7-8-9-10-11-15-24-20(22)18-13-12-14-19(16-18)21(23)25-17(2)3/h17-19H,4-16H2,1-3H3. The average Bonchev–Trinajstić information content (AvgIpc) is 2.59. The second kappa shape index (κ2) is 13.2. The number of ether oxygens (including phenoxy) is 2. The summed E-state index contributed by atoms with van der Waals surface area (Å²) in [6.07, 6.45) is 12.9. The summed E-state index contributed by atoms with van der Waals surface area (Å²) >= 11 is 0. The van der Waals surface area contributed by atoms with Crippen molar-refractivity contribution in [3.63, 3.8) is 0 Å². The molecule has 0 saturated heterocycles. The summed E-state index contributed by atoms with van der Waals surface area (Å²) in [6.45, 7) is 6.47. The Morgan fingerprint density at radius 3 is 2.04 bits per heavy atom. The molecule has 0 spiro atoms. The van der Waals surface area contributed by atoms with Gasteiger partial charge in [0.15, 0.2) is 0 Å². The van der Waals surface area contributed by atoms with Crippen LogP contribution < -0.4 is 0 Å². The Labute approximate surface area is 154 Å². The first-order valence-electron chi connectivity index (χ1n) is 10.4. The van der Waals surface area contributed by atoms with Gasteiger partial charge in [0.25, 0.3) is 0 Å². The van der Waals surface area contributed by atoms with E-state index in [1.807, 2.05) is 13.8 Å². The molecule has 1 aliphatic carbocycles. The summed E-state index contributed by atoms with van der Waals surface area (Å²) in [6, 6.07) is 0. The lowest BCUT2D eigenvalue weighted by Gasteiger charge is -2.27. The third-order valence-corrected chi connectivity index (χ3v) is 4.93. The lowest BCUT2D eigenvalue weighted by Crippen LogP contribution is -2.30. The predicted molar refractivity (Wildman–Crippen MR) is 100 cm³/mol. The van der Waals surface area contributed by atoms with E-state index in [4.69, 9.17) is 9.47 Å². The maximum absolute atomic E-state index is 12.2. The molecule has 4 heteroatoms. The van der Waals surface area contributed by atoms with Gasteiger partial charge < -0.3 is 9.47 Å². The quantitative estimate of drug-likeness (QED) is 0.346. The van der Waals surface area contributed by atoms with E-state index < -0.39 is 0 Å². The van der Waals surface area contributed by atoms with E-state index in [1.165, 1.54) is 38.5 Å². The molecule has 0 aromatic heterocycles. The van der Waals surface area contributed by atoms with Crippen molar-refractivity contribution in [2.24, 2.45) is 11.8 Å². The van der Waals surface area contributed by atoms with Crippen LogP contribution in [0.2, 0.25) is 0 Å². The summed E-state index contributed by atoms with van der Waals surface area (Å²) < 4.78 is 10.7. The van der Waals surface area contributed by atoms with Crippen LogP contribution in [0.25, 0.3) is 0 Å². The van der Waals surface area contributed by atoms with Crippen LogP contribution in [-0.4, -0.2) is 24.6 Å². The Morgan fingerprint density at radius 1 is 0.880 bits per heavy atom. The minimum Gasteiger partial charge on any atom is -0.465 e. The molecule has 0 bridgehead atoms. The summed E-state index contributed by atoms with van der Waals surface area (Å²) in [7, 11) is 0. The van der Waals surface area contributed by atoms with Gasteiger partial charge in [-0.3, -0.25) is 9.59 Å². The topological polar surface area (TPSA) is 52.6 Å². The number of esters is 2. The fourth-order valence-electron chi connectivity index (χ4n) is 3.47. The first-order valence-corrected chi connectivity index (χ1v) is 10.4. The average molecular weight is 355 g/mol. The first kappa shape index (κ1) is 22.0. The van der Waals surface area contributed by atoms with Crippen LogP contribution in [-0.2, 0) is 19.1 Å². The molecule has 1 aliphatic rings. The molecule has 146 valence electrons. The number of carbonyl (C=O) groups is 2. The molecule has 1 saturated carbocycles. The van der Waals surface area contributed by atoms with Gasteiger partial charge in [-0.2, -0.15) is 0 Å². The molecule has 25 heavy (non-hydrogen) atoms. The molecule has 0 N–H and O–H groups in total. The van der Waals surface area contributed by atoms with Gasteiger partial charge in [-0.15, -0.1) is 0 Å². The van der Waals surface area contributed by atoms with Crippen molar-refractivity contribution < 1.29 is 19.1 Å². The molecule has 4 nitrogen and oxygen atoms in total. The van der Waals surface area contributed by atoms with Crippen LogP contribution in [0.4, 0.5) is 0 Å². The number of hydrogen-bond acceptors (Lipinski definition) is 4. The molecule has 2 atom stereocenters. The summed E-state index contributed by atoms with van der Waals surface area (Å²) in [5.74, 6) is -0.551. The van der Waals surface area contributed by atoms with Crippen LogP contribution in [0.1, 0.15) is 97.8 Å². The van der Waals surface area contributed by atoms with E-state index in [0.717, 1.165) is 32.1 Å². The summed E-state index contributed by atoms with van der Waals surface area (Å²) in [5.41, 5.74) is 0. The zero-order chi connectivity index (χ0) is 18.5. The highest BCUT2D eigenvalue weighted by atomic mass is 16.5. The van der Waals surface area contributed by atoms with Crippen LogP contribution in [0.3, 0.4) is 0 Å². The Balaban J connectivity index is 2.12. The van der Waals surface area contributed by atoms with E-state index in [2.05, 4.69) is 6.92 Å². The number of carbonyl (C=O) groups excluding carboxylic acids is 2. The maximum Gasteiger partial charge on any atom is 0.309 e. The van der Waals surface area contributed by atoms with Gasteiger partial charge in [0, 0.05) is 0 Å². The lowest BCUT2D eigenvalue weighted by atomic mass is 9.81. The van der Waals surface area contributed by atoms with Crippen LogP contribution in [0.5, 0.6) is 0 Å². The van der Waals surface area contributed by atoms with Gasteiger partial charge in [0.1, 0.15) is 0 Å². The lowest BCUT2D eigenvalue weighted by molar-refractivity contribution is -0.157. The number of unbranched alkanes of at least 4 members (excludes halogenated alkanes) is 7. The summed E-state index contributed by atoms with van der Waals surface area (Å²) in [4.78, 5) is 24.3. The highest BCUT2D eigenvalue weighted by Gasteiger charge is 2.33. The Bertz CT molecular complexity index is 378. The van der Waals surface area contributed by atoms with Crippen molar-refractivity contribution in [1.29, 1.82) is 0 Å². The molecule has 0 aromatic carbocycles. The molecular weight excluding hydrogens is 316 g/mol. The van der Waals surface area contributed by atoms with Gasteiger partial charge in [0.2, 0.25) is 0 Å². The smallest absolute Gasteiger partial charge is 0.309 e. The molecule has 0 aromatic rings. The summed E-state index contributed by atoms with van der Waals surface area (Å²) in [5, 5.41) is 0. The van der Waals surface area contributed by atoms with Crippen molar-refractivity contribution in [3.05, 3.63) is 0 Å². The maximum atomic E-state index is 12.2. The van der Waals surface area contributed by atoms with E-state index in [-0.39, 0.29) is 29.9 Å². The second-order valence-corrected chi connectivity index (χ2v) is 7.69. The van der Waals surface area contributed by atoms with E-state index >= 15 is 0 Å². The van der Waals surface area contributed by atoms with Crippen LogP contribution in [0, 0.1) is 11.8 Å². The molecular formula is C21H38O4. The SMILES string of the molecule is CCCCCCCCCCOC(=O)C1CCCC(C(=O)OC(C)C)C1. The van der Waals surface area contributed by atoms with Crippen molar-refractivity contribution in [3.8, 4) is 0 Å². The van der Waals surface area contributed by atoms with Crippen LogP contribution >= 0.6 is 0 Å². The molecule has 0 radical (unpaired) electrons. The molecule has 1 fully saturated rings. The van der Waals surface area contributed by atoms with Gasteiger partial charge in [-0.05, 0) is 39.5 Å². The Hall–Kier alpha value is -1.06. The molecule has 1 rings (SSSR count). The van der Waals surface area contributed by atoms with Crippen LogP contribution in [0.15, 0.2) is 0 Å². The number of hydrogen-bond donors (Lipinski definition) is 0. The van der Waals surface area contributed by atoms with E-state index in [9.17, 15) is 9.59 Å². The van der Waals surface area contributed by atoms with Crippen molar-refractivity contribution >= 4 is 11.9 Å². The monoisotopic (exact) mass is 354 g/mol. The van der Waals surface area contributed by atoms with Crippen molar-refractivity contribution in [2.45, 2.75) is 104 Å². The Kier molecular flexibility index (Phi) is 11.6.